The summed E-state index contributed by atoms with van der Waals surface area (Å²) >= 11 is 6.61. The molecule has 1 N–H and O–H groups in total. The molecule has 1 saturated heterocycles. The van der Waals surface area contributed by atoms with E-state index in [1.165, 1.54) is 51.4 Å². The zero-order valence-electron chi connectivity index (χ0n) is 18.0. The number of rotatable bonds is 6. The van der Waals surface area contributed by atoms with Gasteiger partial charge in [0.15, 0.2) is 0 Å². The minimum atomic E-state index is -0.0984. The standard InChI is InChI=1S/C24H33ClN4O/c1-19-21(22(25)29(27-19)17-20-11-5-2-6-12-20)23(30)26-18-24(13-7-3-8-14-24)28-15-9-4-10-16-28/h2,5-6,11-12H,3-4,7-10,13-18H2,1H3,(H,26,30). The highest BCUT2D eigenvalue weighted by Crippen LogP contribution is 2.35. The number of benzene rings is 1. The van der Waals surface area contributed by atoms with E-state index in [2.05, 4.69) is 15.3 Å². The number of aromatic nitrogens is 2. The molecule has 1 aliphatic carbocycles. The Morgan fingerprint density at radius 1 is 1.07 bits per heavy atom. The van der Waals surface area contributed by atoms with Crippen LogP contribution in [0.25, 0.3) is 0 Å². The number of halogens is 1. The largest absolute Gasteiger partial charge is 0.350 e. The molecule has 162 valence electrons. The van der Waals surface area contributed by atoms with Gasteiger partial charge in [0.05, 0.1) is 17.8 Å². The third kappa shape index (κ3) is 4.57. The monoisotopic (exact) mass is 428 g/mol. The van der Waals surface area contributed by atoms with E-state index in [-0.39, 0.29) is 11.4 Å². The number of piperidine rings is 1. The Labute approximate surface area is 184 Å². The Hall–Kier alpha value is -1.85. The molecule has 30 heavy (non-hydrogen) atoms. The number of carbonyl (C=O) groups excluding carboxylic acids is 1. The number of amides is 1. The van der Waals surface area contributed by atoms with E-state index >= 15 is 0 Å². The molecule has 0 bridgehead atoms. The number of nitrogens with one attached hydrogen (secondary N) is 1. The zero-order valence-corrected chi connectivity index (χ0v) is 18.8. The molecular weight excluding hydrogens is 396 g/mol. The maximum atomic E-state index is 13.2. The highest BCUT2D eigenvalue weighted by atomic mass is 35.5. The Morgan fingerprint density at radius 3 is 2.43 bits per heavy atom. The van der Waals surface area contributed by atoms with E-state index in [0.717, 1.165) is 18.7 Å². The Balaban J connectivity index is 1.47. The Bertz CT molecular complexity index is 852. The first-order chi connectivity index (χ1) is 14.6. The molecule has 0 spiro atoms. The quantitative estimate of drug-likeness (QED) is 0.718. The van der Waals surface area contributed by atoms with Crippen molar-refractivity contribution in [2.24, 2.45) is 0 Å². The number of hydrogen-bond acceptors (Lipinski definition) is 3. The number of aryl methyl sites for hydroxylation is 1. The minimum Gasteiger partial charge on any atom is -0.350 e. The average molecular weight is 429 g/mol. The summed E-state index contributed by atoms with van der Waals surface area (Å²) in [6.07, 6.45) is 10.0. The molecule has 2 fully saturated rings. The molecule has 1 amide bonds. The third-order valence-electron chi connectivity index (χ3n) is 6.86. The molecule has 0 unspecified atom stereocenters. The fourth-order valence-corrected chi connectivity index (χ4v) is 5.51. The van der Waals surface area contributed by atoms with Gasteiger partial charge in [-0.2, -0.15) is 5.10 Å². The predicted molar refractivity (Wildman–Crippen MR) is 121 cm³/mol. The van der Waals surface area contributed by atoms with Gasteiger partial charge in [0, 0.05) is 12.1 Å². The van der Waals surface area contributed by atoms with Crippen molar-refractivity contribution in [3.63, 3.8) is 0 Å². The molecule has 6 heteroatoms. The van der Waals surface area contributed by atoms with Crippen molar-refractivity contribution in [2.75, 3.05) is 19.6 Å². The van der Waals surface area contributed by atoms with Crippen LogP contribution in [0.4, 0.5) is 0 Å². The fraction of sp³-hybridized carbons (Fsp3) is 0.583. The van der Waals surface area contributed by atoms with Gasteiger partial charge in [0.2, 0.25) is 0 Å². The lowest BCUT2D eigenvalue weighted by Gasteiger charge is -2.48. The first-order valence-corrected chi connectivity index (χ1v) is 11.8. The van der Waals surface area contributed by atoms with Gasteiger partial charge in [-0.1, -0.05) is 67.6 Å². The van der Waals surface area contributed by atoms with Gasteiger partial charge < -0.3 is 5.32 Å². The number of hydrogen-bond donors (Lipinski definition) is 1. The lowest BCUT2D eigenvalue weighted by atomic mass is 9.79. The highest BCUT2D eigenvalue weighted by molar-refractivity contribution is 6.33. The van der Waals surface area contributed by atoms with E-state index in [0.29, 0.717) is 29.5 Å². The first kappa shape index (κ1) is 21.4. The summed E-state index contributed by atoms with van der Waals surface area (Å²) in [5, 5.41) is 8.21. The molecule has 2 aliphatic rings. The van der Waals surface area contributed by atoms with Crippen LogP contribution in [0.3, 0.4) is 0 Å². The molecule has 5 nitrogen and oxygen atoms in total. The molecule has 4 rings (SSSR count). The van der Waals surface area contributed by atoms with Crippen LogP contribution >= 0.6 is 11.6 Å². The lowest BCUT2D eigenvalue weighted by molar-refractivity contribution is 0.0326. The molecule has 0 atom stereocenters. The van der Waals surface area contributed by atoms with Crippen molar-refractivity contribution in [1.82, 2.24) is 20.0 Å². The second-order valence-corrected chi connectivity index (χ2v) is 9.27. The molecule has 0 radical (unpaired) electrons. The van der Waals surface area contributed by atoms with Gasteiger partial charge in [-0.25, -0.2) is 4.68 Å². The topological polar surface area (TPSA) is 50.2 Å². The smallest absolute Gasteiger partial charge is 0.256 e. The lowest BCUT2D eigenvalue weighted by Crippen LogP contribution is -2.58. The number of likely N-dealkylation sites (tertiary alicyclic amines) is 1. The van der Waals surface area contributed by atoms with E-state index in [4.69, 9.17) is 11.6 Å². The van der Waals surface area contributed by atoms with E-state index < -0.39 is 0 Å². The minimum absolute atomic E-state index is 0.0984. The summed E-state index contributed by atoms with van der Waals surface area (Å²) in [7, 11) is 0. The SMILES string of the molecule is Cc1nn(Cc2ccccc2)c(Cl)c1C(=O)NCC1(N2CCCCC2)CCCCC1. The summed E-state index contributed by atoms with van der Waals surface area (Å²) < 4.78 is 1.72. The summed E-state index contributed by atoms with van der Waals surface area (Å²) in [6.45, 7) is 5.44. The fourth-order valence-electron chi connectivity index (χ4n) is 5.19. The van der Waals surface area contributed by atoms with Crippen molar-refractivity contribution >= 4 is 17.5 Å². The molecular formula is C24H33ClN4O. The van der Waals surface area contributed by atoms with Gasteiger partial charge in [0.1, 0.15) is 5.15 Å². The second-order valence-electron chi connectivity index (χ2n) is 8.91. The third-order valence-corrected chi connectivity index (χ3v) is 7.24. The summed E-state index contributed by atoms with van der Waals surface area (Å²) in [5.74, 6) is -0.0984. The molecule has 2 aromatic rings. The normalized spacial score (nSPS) is 19.5. The maximum Gasteiger partial charge on any atom is 0.256 e. The van der Waals surface area contributed by atoms with Crippen LogP contribution in [0.5, 0.6) is 0 Å². The van der Waals surface area contributed by atoms with E-state index in [9.17, 15) is 4.79 Å². The number of carbonyl (C=O) groups is 1. The molecule has 1 aliphatic heterocycles. The van der Waals surface area contributed by atoms with Gasteiger partial charge in [0.25, 0.3) is 5.91 Å². The summed E-state index contributed by atoms with van der Waals surface area (Å²) in [5.41, 5.74) is 2.41. The Kier molecular flexibility index (Phi) is 6.79. The van der Waals surface area contributed by atoms with Crippen LogP contribution in [0.15, 0.2) is 30.3 Å². The molecule has 1 aromatic heterocycles. The average Bonchev–Trinajstić information content (AvgIpc) is 3.07. The van der Waals surface area contributed by atoms with Crippen LogP contribution in [0.2, 0.25) is 5.15 Å². The van der Waals surface area contributed by atoms with E-state index in [1.807, 2.05) is 37.3 Å². The van der Waals surface area contributed by atoms with E-state index in [1.54, 1.807) is 4.68 Å². The predicted octanol–water partition coefficient (Wildman–Crippen LogP) is 4.81. The van der Waals surface area contributed by atoms with Crippen molar-refractivity contribution in [2.45, 2.75) is 70.4 Å². The second kappa shape index (κ2) is 9.52. The zero-order chi connectivity index (χ0) is 21.0. The van der Waals surface area contributed by atoms with Gasteiger partial charge >= 0.3 is 0 Å². The van der Waals surface area contributed by atoms with Crippen LogP contribution < -0.4 is 5.32 Å². The van der Waals surface area contributed by atoms with Crippen molar-refractivity contribution in [1.29, 1.82) is 0 Å². The van der Waals surface area contributed by atoms with Crippen LogP contribution in [-0.4, -0.2) is 45.8 Å². The maximum absolute atomic E-state index is 13.2. The van der Waals surface area contributed by atoms with Crippen LogP contribution in [0, 0.1) is 6.92 Å². The number of nitrogens with zero attached hydrogens (tertiary/aromatic N) is 3. The molecule has 1 aromatic carbocycles. The Morgan fingerprint density at radius 2 is 1.73 bits per heavy atom. The van der Waals surface area contributed by atoms with Crippen LogP contribution in [0.1, 0.15) is 73.0 Å². The van der Waals surface area contributed by atoms with Gasteiger partial charge in [-0.15, -0.1) is 0 Å². The van der Waals surface area contributed by atoms with Crippen molar-refractivity contribution in [3.8, 4) is 0 Å². The highest BCUT2D eigenvalue weighted by Gasteiger charge is 2.39. The van der Waals surface area contributed by atoms with Gasteiger partial charge in [-0.05, 0) is 51.3 Å². The molecule has 2 heterocycles. The van der Waals surface area contributed by atoms with Crippen molar-refractivity contribution in [3.05, 3.63) is 52.3 Å². The van der Waals surface area contributed by atoms with Gasteiger partial charge in [-0.3, -0.25) is 9.69 Å². The summed E-state index contributed by atoms with van der Waals surface area (Å²) in [4.78, 5) is 15.8. The van der Waals surface area contributed by atoms with Crippen molar-refractivity contribution < 1.29 is 4.79 Å². The first-order valence-electron chi connectivity index (χ1n) is 11.4. The molecule has 1 saturated carbocycles. The summed E-state index contributed by atoms with van der Waals surface area (Å²) in [6, 6.07) is 10.1. The van der Waals surface area contributed by atoms with Crippen LogP contribution in [-0.2, 0) is 6.54 Å².